The number of anilines is 1. The van der Waals surface area contributed by atoms with E-state index in [1.54, 1.807) is 15.9 Å². The van der Waals surface area contributed by atoms with Crippen molar-refractivity contribution in [2.45, 2.75) is 44.5 Å². The summed E-state index contributed by atoms with van der Waals surface area (Å²) < 4.78 is 53.1. The predicted molar refractivity (Wildman–Crippen MR) is 162 cm³/mol. The van der Waals surface area contributed by atoms with Gasteiger partial charge in [-0.1, -0.05) is 60.7 Å². The number of nitrogens with zero attached hydrogens (tertiary/aromatic N) is 3. The molecule has 0 N–H and O–H groups in total. The molecular formula is C35H34F3N3O3. The first-order chi connectivity index (χ1) is 21.3. The van der Waals surface area contributed by atoms with E-state index in [2.05, 4.69) is 6.07 Å². The minimum absolute atomic E-state index is 0.146. The zero-order valence-electron chi connectivity index (χ0n) is 24.5. The molecule has 1 amide bonds. The van der Waals surface area contributed by atoms with Crippen LogP contribution < -0.4 is 9.64 Å². The normalized spacial score (nSPS) is 16.0. The van der Waals surface area contributed by atoms with Crippen molar-refractivity contribution in [2.24, 2.45) is 0 Å². The molecule has 3 aromatic carbocycles. The summed E-state index contributed by atoms with van der Waals surface area (Å²) in [6.07, 6.45) is -3.76. The Hall–Kier alpha value is -4.53. The Morgan fingerprint density at radius 1 is 0.909 bits per heavy atom. The van der Waals surface area contributed by atoms with Crippen LogP contribution >= 0.6 is 0 Å². The van der Waals surface area contributed by atoms with Gasteiger partial charge in [0.05, 0.1) is 30.1 Å². The molecule has 0 unspecified atom stereocenters. The number of alkyl halides is 3. The number of benzene rings is 3. The van der Waals surface area contributed by atoms with Crippen LogP contribution in [-0.2, 0) is 29.5 Å². The molecule has 9 heteroatoms. The number of ether oxygens (including phenoxy) is 2. The molecule has 1 spiro atoms. The molecule has 0 saturated carbocycles. The molecular weight excluding hydrogens is 567 g/mol. The van der Waals surface area contributed by atoms with E-state index in [4.69, 9.17) is 14.5 Å². The number of piperidine rings is 1. The summed E-state index contributed by atoms with van der Waals surface area (Å²) >= 11 is 0. The number of hydrogen-bond donors (Lipinski definition) is 0. The molecule has 2 aliphatic rings. The molecule has 0 aliphatic carbocycles. The molecule has 2 aliphatic heterocycles. The zero-order chi connectivity index (χ0) is 30.7. The van der Waals surface area contributed by atoms with Crippen LogP contribution in [0.25, 0.3) is 11.3 Å². The lowest BCUT2D eigenvalue weighted by Crippen LogP contribution is -2.53. The van der Waals surface area contributed by atoms with E-state index in [1.165, 1.54) is 12.1 Å². The summed E-state index contributed by atoms with van der Waals surface area (Å²) in [4.78, 5) is 22.0. The van der Waals surface area contributed by atoms with Gasteiger partial charge in [-0.05, 0) is 61.2 Å². The van der Waals surface area contributed by atoms with Crippen molar-refractivity contribution in [2.75, 3.05) is 31.1 Å². The first-order valence-corrected chi connectivity index (χ1v) is 14.9. The molecule has 1 fully saturated rings. The Morgan fingerprint density at radius 3 is 2.36 bits per heavy atom. The van der Waals surface area contributed by atoms with Crippen molar-refractivity contribution >= 4 is 11.8 Å². The third kappa shape index (κ3) is 5.96. The van der Waals surface area contributed by atoms with E-state index < -0.39 is 23.2 Å². The van der Waals surface area contributed by atoms with Gasteiger partial charge in [0.15, 0.2) is 0 Å². The lowest BCUT2D eigenvalue weighted by atomic mass is 9.69. The number of amides is 1. The highest BCUT2D eigenvalue weighted by atomic mass is 19.4. The van der Waals surface area contributed by atoms with Gasteiger partial charge < -0.3 is 19.3 Å². The molecule has 228 valence electrons. The summed E-state index contributed by atoms with van der Waals surface area (Å²) in [5.41, 5.74) is 3.35. The van der Waals surface area contributed by atoms with Crippen molar-refractivity contribution in [3.05, 3.63) is 113 Å². The van der Waals surface area contributed by atoms with Gasteiger partial charge in [0.1, 0.15) is 12.4 Å². The Labute approximate surface area is 255 Å². The van der Waals surface area contributed by atoms with Crippen molar-refractivity contribution in [1.82, 2.24) is 9.88 Å². The van der Waals surface area contributed by atoms with Crippen LogP contribution in [0, 0.1) is 0 Å². The monoisotopic (exact) mass is 601 g/mol. The van der Waals surface area contributed by atoms with Gasteiger partial charge in [-0.15, -0.1) is 0 Å². The minimum Gasteiger partial charge on any atom is -0.493 e. The second-order valence-electron chi connectivity index (χ2n) is 11.3. The van der Waals surface area contributed by atoms with Gasteiger partial charge in [-0.3, -0.25) is 4.98 Å². The lowest BCUT2D eigenvalue weighted by molar-refractivity contribution is -0.137. The third-order valence-corrected chi connectivity index (χ3v) is 8.58. The van der Waals surface area contributed by atoms with Crippen molar-refractivity contribution in [3.8, 4) is 17.0 Å². The minimum atomic E-state index is -4.44. The molecule has 0 atom stereocenters. The fraction of sp³-hybridized carbons (Fsp3) is 0.314. The first-order valence-electron chi connectivity index (χ1n) is 14.9. The number of aromatic nitrogens is 1. The first kappa shape index (κ1) is 29.5. The number of pyridine rings is 1. The van der Waals surface area contributed by atoms with Crippen LogP contribution in [0.3, 0.4) is 0 Å². The molecule has 6 rings (SSSR count). The Bertz CT molecular complexity index is 1620. The highest BCUT2D eigenvalue weighted by Crippen LogP contribution is 2.45. The highest BCUT2D eigenvalue weighted by Gasteiger charge is 2.45. The van der Waals surface area contributed by atoms with E-state index in [0.29, 0.717) is 39.1 Å². The average Bonchev–Trinajstić information content (AvgIpc) is 3.04. The quantitative estimate of drug-likeness (QED) is 0.225. The van der Waals surface area contributed by atoms with E-state index in [-0.39, 0.29) is 18.8 Å². The van der Waals surface area contributed by atoms with Gasteiger partial charge in [0.2, 0.25) is 0 Å². The van der Waals surface area contributed by atoms with E-state index in [0.717, 1.165) is 39.9 Å². The lowest BCUT2D eigenvalue weighted by Gasteiger charge is -2.48. The third-order valence-electron chi connectivity index (χ3n) is 8.58. The van der Waals surface area contributed by atoms with Gasteiger partial charge in [-0.2, -0.15) is 13.2 Å². The van der Waals surface area contributed by atoms with Gasteiger partial charge >= 0.3 is 12.3 Å². The van der Waals surface area contributed by atoms with Crippen LogP contribution in [0.5, 0.6) is 5.75 Å². The van der Waals surface area contributed by atoms with Crippen LogP contribution in [0.1, 0.15) is 42.1 Å². The van der Waals surface area contributed by atoms with Crippen LogP contribution in [0.15, 0.2) is 91.0 Å². The predicted octanol–water partition coefficient (Wildman–Crippen LogP) is 7.86. The molecule has 3 heterocycles. The topological polar surface area (TPSA) is 54.9 Å². The number of rotatable bonds is 6. The SMILES string of the molecule is CCOc1ccccc1-c1ccc2c(n1)CN(C(=O)OCc1ccccc1)CC21CCN(c2ccccc2C(F)(F)F)CC1. The van der Waals surface area contributed by atoms with Gasteiger partial charge in [-0.25, -0.2) is 4.79 Å². The van der Waals surface area contributed by atoms with E-state index in [1.807, 2.05) is 67.6 Å². The number of halogens is 3. The largest absolute Gasteiger partial charge is 0.493 e. The maximum absolute atomic E-state index is 13.8. The van der Waals surface area contributed by atoms with Crippen LogP contribution in [0.2, 0.25) is 0 Å². The Morgan fingerprint density at radius 2 is 1.61 bits per heavy atom. The molecule has 4 aromatic rings. The summed E-state index contributed by atoms with van der Waals surface area (Å²) in [6, 6.07) is 27.0. The van der Waals surface area contributed by atoms with Crippen molar-refractivity contribution < 1.29 is 27.4 Å². The van der Waals surface area contributed by atoms with Crippen LogP contribution in [0.4, 0.5) is 23.7 Å². The molecule has 1 saturated heterocycles. The molecule has 0 bridgehead atoms. The van der Waals surface area contributed by atoms with Crippen LogP contribution in [-0.4, -0.2) is 42.2 Å². The summed E-state index contributed by atoms with van der Waals surface area (Å²) in [6.45, 7) is 4.09. The van der Waals surface area contributed by atoms with E-state index >= 15 is 0 Å². The van der Waals surface area contributed by atoms with E-state index in [9.17, 15) is 18.0 Å². The van der Waals surface area contributed by atoms with Gasteiger partial charge in [0, 0.05) is 36.3 Å². The number of fused-ring (bicyclic) bond motifs is 2. The number of carbonyl (C=O) groups is 1. The molecule has 1 aromatic heterocycles. The fourth-order valence-corrected chi connectivity index (χ4v) is 6.43. The summed E-state index contributed by atoms with van der Waals surface area (Å²) in [5.74, 6) is 0.726. The molecule has 0 radical (unpaired) electrons. The zero-order valence-corrected chi connectivity index (χ0v) is 24.5. The highest BCUT2D eigenvalue weighted by molar-refractivity contribution is 5.70. The Balaban J connectivity index is 1.32. The summed E-state index contributed by atoms with van der Waals surface area (Å²) in [5, 5.41) is 0. The van der Waals surface area contributed by atoms with Gasteiger partial charge in [0.25, 0.3) is 0 Å². The maximum atomic E-state index is 13.8. The second-order valence-corrected chi connectivity index (χ2v) is 11.3. The average molecular weight is 602 g/mol. The molecule has 6 nitrogen and oxygen atoms in total. The standard InChI is InChI=1S/C35H34F3N3O3/c1-2-43-32-15-9-6-12-26(32)29-17-16-27-30(39-29)22-41(33(42)44-23-25-10-4-3-5-11-25)24-34(27)18-20-40(21-19-34)31-14-8-7-13-28(31)35(36,37)38/h3-17H,2,18-24H2,1H3. The molecule has 44 heavy (non-hydrogen) atoms. The smallest absolute Gasteiger partial charge is 0.418 e. The van der Waals surface area contributed by atoms with Crippen molar-refractivity contribution in [1.29, 1.82) is 0 Å². The maximum Gasteiger partial charge on any atom is 0.418 e. The number of hydrogen-bond acceptors (Lipinski definition) is 5. The summed E-state index contributed by atoms with van der Waals surface area (Å²) in [7, 11) is 0. The number of para-hydroxylation sites is 2. The number of carbonyl (C=O) groups excluding carboxylic acids is 1. The Kier molecular flexibility index (Phi) is 8.21. The van der Waals surface area contributed by atoms with Crippen molar-refractivity contribution in [3.63, 3.8) is 0 Å². The second kappa shape index (κ2) is 12.2. The fourth-order valence-electron chi connectivity index (χ4n) is 6.43.